The number of fused-ring (bicyclic) bond motifs is 5. The maximum absolute atomic E-state index is 7.48. The highest BCUT2D eigenvalue weighted by molar-refractivity contribution is 5.62. The van der Waals surface area contributed by atoms with E-state index in [1.165, 1.54) is 94.9 Å². The van der Waals surface area contributed by atoms with E-state index in [2.05, 4.69) is 96.8 Å². The van der Waals surface area contributed by atoms with Crippen molar-refractivity contribution < 1.29 is 4.74 Å². The van der Waals surface area contributed by atoms with Gasteiger partial charge in [-0.2, -0.15) is 0 Å². The van der Waals surface area contributed by atoms with Crippen LogP contribution in [-0.4, -0.2) is 23.1 Å². The fraction of sp³-hybridized carbons (Fsp3) is 0.545. The van der Waals surface area contributed by atoms with Crippen LogP contribution in [0, 0.1) is 23.2 Å². The molecule has 8 atom stereocenters. The summed E-state index contributed by atoms with van der Waals surface area (Å²) in [6.45, 7) is 2.64. The van der Waals surface area contributed by atoms with Crippen LogP contribution >= 0.6 is 0 Å². The van der Waals surface area contributed by atoms with E-state index in [9.17, 15) is 0 Å². The molecule has 0 spiro atoms. The molecule has 46 heavy (non-hydrogen) atoms. The Labute approximate surface area is 277 Å². The first-order chi connectivity index (χ1) is 22.7. The summed E-state index contributed by atoms with van der Waals surface area (Å²) in [6, 6.07) is 12.7. The summed E-state index contributed by atoms with van der Waals surface area (Å²) < 4.78 is 7.48. The Hall–Kier alpha value is -3.00. The second-order valence-corrected chi connectivity index (χ2v) is 15.9. The van der Waals surface area contributed by atoms with Crippen molar-refractivity contribution in [1.82, 2.24) is 4.90 Å². The van der Waals surface area contributed by atoms with Crippen molar-refractivity contribution in [1.29, 1.82) is 0 Å². The zero-order valence-electron chi connectivity index (χ0n) is 28.0. The van der Waals surface area contributed by atoms with Gasteiger partial charge in [-0.3, -0.25) is 0 Å². The standard InChI is InChI=1S/C44H53NO/c1-43-29-14-13-26-41(43)44(31-16-5-2-6-17-31,38-24-12-11-23-37(38)43)39-25-15-22-36-35-28-27-34(30-40(35)46-42(36)39)45(32-18-7-3-8-19-32)33-20-9-4-10-21-33/h2-3,5-9,16-18,20,26-27,30,32-33,35-36,39,42H,4,10-15,19,21-25,28-29H2,1H3. The van der Waals surface area contributed by atoms with Crippen LogP contribution in [-0.2, 0) is 10.2 Å². The first kappa shape index (κ1) is 29.2. The third kappa shape index (κ3) is 4.34. The van der Waals surface area contributed by atoms with Gasteiger partial charge in [-0.05, 0) is 107 Å². The van der Waals surface area contributed by atoms with Gasteiger partial charge in [-0.25, -0.2) is 0 Å². The molecule has 1 saturated carbocycles. The molecule has 8 unspecified atom stereocenters. The Balaban J connectivity index is 1.12. The van der Waals surface area contributed by atoms with E-state index in [-0.39, 0.29) is 10.8 Å². The molecule has 7 aliphatic carbocycles. The van der Waals surface area contributed by atoms with E-state index in [1.54, 1.807) is 11.1 Å². The predicted molar refractivity (Wildman–Crippen MR) is 189 cm³/mol. The van der Waals surface area contributed by atoms with Crippen molar-refractivity contribution >= 4 is 0 Å². The minimum Gasteiger partial charge on any atom is -0.494 e. The lowest BCUT2D eigenvalue weighted by Crippen LogP contribution is -2.49. The first-order valence-corrected chi connectivity index (χ1v) is 19.1. The molecule has 2 nitrogen and oxygen atoms in total. The predicted octanol–water partition coefficient (Wildman–Crippen LogP) is 10.8. The lowest BCUT2D eigenvalue weighted by Gasteiger charge is -2.50. The number of benzene rings is 1. The molecule has 2 heteroatoms. The Bertz CT molecular complexity index is 1570. The van der Waals surface area contributed by atoms with Crippen LogP contribution in [0.25, 0.3) is 0 Å². The quantitative estimate of drug-likeness (QED) is 0.307. The third-order valence-electron chi connectivity index (χ3n) is 13.7. The lowest BCUT2D eigenvalue weighted by molar-refractivity contribution is 0.0146. The average Bonchev–Trinajstić information content (AvgIpc) is 3.61. The zero-order valence-corrected chi connectivity index (χ0v) is 28.0. The van der Waals surface area contributed by atoms with Crippen LogP contribution in [0.1, 0.15) is 109 Å². The lowest BCUT2D eigenvalue weighted by atomic mass is 9.53. The van der Waals surface area contributed by atoms with Gasteiger partial charge in [0.25, 0.3) is 0 Å². The highest BCUT2D eigenvalue weighted by Crippen LogP contribution is 2.70. The van der Waals surface area contributed by atoms with Crippen LogP contribution in [0.4, 0.5) is 0 Å². The topological polar surface area (TPSA) is 12.5 Å². The van der Waals surface area contributed by atoms with Crippen LogP contribution in [0.3, 0.4) is 0 Å². The zero-order chi connectivity index (χ0) is 30.7. The van der Waals surface area contributed by atoms with Gasteiger partial charge in [0.15, 0.2) is 0 Å². The molecule has 8 aliphatic rings. The van der Waals surface area contributed by atoms with Crippen LogP contribution < -0.4 is 0 Å². The second kappa shape index (κ2) is 11.6. The highest BCUT2D eigenvalue weighted by atomic mass is 16.5. The molecule has 0 amide bonds. The molecule has 1 saturated heterocycles. The van der Waals surface area contributed by atoms with Crippen molar-refractivity contribution in [2.24, 2.45) is 23.2 Å². The monoisotopic (exact) mass is 611 g/mol. The second-order valence-electron chi connectivity index (χ2n) is 15.9. The Morgan fingerprint density at radius 1 is 0.783 bits per heavy atom. The van der Waals surface area contributed by atoms with Gasteiger partial charge in [-0.15, -0.1) is 0 Å². The van der Waals surface area contributed by atoms with Gasteiger partial charge in [0, 0.05) is 40.3 Å². The first-order valence-electron chi connectivity index (χ1n) is 19.1. The fourth-order valence-corrected chi connectivity index (χ4v) is 12.0. The molecule has 0 radical (unpaired) electrons. The molecular formula is C44H53NO. The molecule has 240 valence electrons. The number of hydrogen-bond donors (Lipinski definition) is 0. The van der Waals surface area contributed by atoms with Gasteiger partial charge in [0.2, 0.25) is 0 Å². The molecule has 1 aliphatic heterocycles. The van der Waals surface area contributed by atoms with Gasteiger partial charge < -0.3 is 9.64 Å². The van der Waals surface area contributed by atoms with E-state index in [0.717, 1.165) is 12.8 Å². The van der Waals surface area contributed by atoms with Crippen molar-refractivity contribution in [3.8, 4) is 0 Å². The van der Waals surface area contributed by atoms with Gasteiger partial charge >= 0.3 is 0 Å². The highest BCUT2D eigenvalue weighted by Gasteiger charge is 2.64. The SMILES string of the molecule is CC12CCCC=C1C(c1ccccc1)(C1CCCC3C4CC=C(N(C5C=CC=CC5)C5C=CCCC5)C=C4OC31)C1=C2CCCC1. The van der Waals surface area contributed by atoms with Gasteiger partial charge in [0.1, 0.15) is 11.9 Å². The van der Waals surface area contributed by atoms with Crippen molar-refractivity contribution in [2.45, 2.75) is 127 Å². The summed E-state index contributed by atoms with van der Waals surface area (Å²) in [6.07, 6.45) is 41.3. The number of nitrogens with zero attached hydrogens (tertiary/aromatic N) is 1. The molecule has 1 heterocycles. The molecule has 0 aromatic heterocycles. The molecule has 0 N–H and O–H groups in total. The summed E-state index contributed by atoms with van der Waals surface area (Å²) in [7, 11) is 0. The van der Waals surface area contributed by atoms with E-state index in [0.29, 0.717) is 35.9 Å². The molecule has 2 fully saturated rings. The van der Waals surface area contributed by atoms with E-state index < -0.39 is 0 Å². The number of ether oxygens (including phenoxy) is 1. The van der Waals surface area contributed by atoms with Crippen molar-refractivity contribution in [2.75, 3.05) is 0 Å². The van der Waals surface area contributed by atoms with E-state index >= 15 is 0 Å². The van der Waals surface area contributed by atoms with Crippen LogP contribution in [0.2, 0.25) is 0 Å². The minimum atomic E-state index is -0.00200. The summed E-state index contributed by atoms with van der Waals surface area (Å²) in [5.74, 6) is 2.95. The van der Waals surface area contributed by atoms with Crippen LogP contribution in [0.5, 0.6) is 0 Å². The summed E-state index contributed by atoms with van der Waals surface area (Å²) >= 11 is 0. The fourth-order valence-electron chi connectivity index (χ4n) is 12.0. The van der Waals surface area contributed by atoms with Crippen molar-refractivity contribution in [3.63, 3.8) is 0 Å². The Morgan fingerprint density at radius 3 is 2.50 bits per heavy atom. The number of rotatable bonds is 5. The van der Waals surface area contributed by atoms with Crippen molar-refractivity contribution in [3.05, 3.63) is 119 Å². The average molecular weight is 612 g/mol. The van der Waals surface area contributed by atoms with Crippen LogP contribution in [0.15, 0.2) is 113 Å². The molecule has 0 bridgehead atoms. The maximum Gasteiger partial charge on any atom is 0.106 e. The third-order valence-corrected chi connectivity index (χ3v) is 13.7. The molecule has 9 rings (SSSR count). The molecular weight excluding hydrogens is 558 g/mol. The van der Waals surface area contributed by atoms with Gasteiger partial charge in [-0.1, -0.05) is 103 Å². The van der Waals surface area contributed by atoms with E-state index in [4.69, 9.17) is 4.74 Å². The summed E-state index contributed by atoms with van der Waals surface area (Å²) in [5.41, 5.74) is 8.62. The largest absolute Gasteiger partial charge is 0.494 e. The van der Waals surface area contributed by atoms with E-state index in [1.807, 2.05) is 11.1 Å². The Morgan fingerprint density at radius 2 is 1.67 bits per heavy atom. The number of allylic oxidation sites excluding steroid dienone is 10. The molecule has 1 aromatic carbocycles. The summed E-state index contributed by atoms with van der Waals surface area (Å²) in [5, 5.41) is 0. The Kier molecular flexibility index (Phi) is 7.36. The summed E-state index contributed by atoms with van der Waals surface area (Å²) in [4.78, 5) is 2.74. The normalized spacial score (nSPS) is 39.4. The minimum absolute atomic E-state index is 0.00200. The van der Waals surface area contributed by atoms with Gasteiger partial charge in [0.05, 0.1) is 6.04 Å². The smallest absolute Gasteiger partial charge is 0.106 e. The molecule has 1 aromatic rings. The maximum atomic E-state index is 7.48. The number of hydrogen-bond acceptors (Lipinski definition) is 2.